The number of aromatic nitrogens is 4. The third-order valence-corrected chi connectivity index (χ3v) is 4.12. The van der Waals surface area contributed by atoms with Gasteiger partial charge in [0.15, 0.2) is 11.6 Å². The lowest BCUT2D eigenvalue weighted by atomic mass is 10.1. The van der Waals surface area contributed by atoms with E-state index in [9.17, 15) is 0 Å². The Balaban J connectivity index is 1.49. The van der Waals surface area contributed by atoms with Crippen molar-refractivity contribution in [2.24, 2.45) is 0 Å². The van der Waals surface area contributed by atoms with E-state index in [0.717, 1.165) is 29.7 Å². The first-order valence-electron chi connectivity index (χ1n) is 8.13. The van der Waals surface area contributed by atoms with Crippen molar-refractivity contribution in [1.29, 1.82) is 0 Å². The fourth-order valence-corrected chi connectivity index (χ4v) is 2.84. The Morgan fingerprint density at radius 2 is 2.00 bits per heavy atom. The second-order valence-electron chi connectivity index (χ2n) is 5.77. The summed E-state index contributed by atoms with van der Waals surface area (Å²) in [6.45, 7) is 0.719. The highest BCUT2D eigenvalue weighted by atomic mass is 15.1. The minimum Gasteiger partial charge on any atom is -0.381 e. The van der Waals surface area contributed by atoms with Crippen molar-refractivity contribution in [3.63, 3.8) is 0 Å². The van der Waals surface area contributed by atoms with Gasteiger partial charge in [-0.3, -0.25) is 4.98 Å². The second kappa shape index (κ2) is 6.60. The normalized spacial score (nSPS) is 10.9. The number of anilines is 2. The predicted octanol–water partition coefficient (Wildman–Crippen LogP) is 3.26. The lowest BCUT2D eigenvalue weighted by Crippen LogP contribution is -2.10. The summed E-state index contributed by atoms with van der Waals surface area (Å²) in [5, 5.41) is 4.54. The first-order chi connectivity index (χ1) is 12.3. The standard InChI is InChI=1S/C19H18N6/c20-18-19(25-17(12-24-18)14-4-3-8-21-10-14)22-9-7-13-11-23-16-6-2-1-5-15(13)16/h1-6,8,10-12,23H,7,9H2,(H2,20,24)(H,22,25). The van der Waals surface area contributed by atoms with E-state index in [2.05, 4.69) is 37.4 Å². The van der Waals surface area contributed by atoms with Gasteiger partial charge in [-0.25, -0.2) is 9.97 Å². The molecule has 1 aromatic carbocycles. The van der Waals surface area contributed by atoms with Crippen LogP contribution in [0.2, 0.25) is 0 Å². The van der Waals surface area contributed by atoms with E-state index >= 15 is 0 Å². The Labute approximate surface area is 145 Å². The number of para-hydroxylation sites is 1. The number of nitrogens with zero attached hydrogens (tertiary/aromatic N) is 3. The highest BCUT2D eigenvalue weighted by molar-refractivity contribution is 5.83. The minimum atomic E-state index is 0.395. The minimum absolute atomic E-state index is 0.395. The molecule has 0 spiro atoms. The Kier molecular flexibility index (Phi) is 4.00. The molecule has 0 radical (unpaired) electrons. The van der Waals surface area contributed by atoms with Crippen LogP contribution in [0.5, 0.6) is 0 Å². The van der Waals surface area contributed by atoms with Gasteiger partial charge < -0.3 is 16.0 Å². The molecular weight excluding hydrogens is 312 g/mol. The molecule has 25 heavy (non-hydrogen) atoms. The van der Waals surface area contributed by atoms with Gasteiger partial charge in [-0.15, -0.1) is 0 Å². The first-order valence-corrected chi connectivity index (χ1v) is 8.13. The number of benzene rings is 1. The Bertz CT molecular complexity index is 993. The molecule has 0 saturated carbocycles. The molecule has 0 amide bonds. The van der Waals surface area contributed by atoms with Crippen molar-refractivity contribution in [2.75, 3.05) is 17.6 Å². The van der Waals surface area contributed by atoms with Gasteiger partial charge >= 0.3 is 0 Å². The zero-order chi connectivity index (χ0) is 17.1. The Hall–Kier alpha value is -3.41. The van der Waals surface area contributed by atoms with Crippen molar-refractivity contribution < 1.29 is 0 Å². The largest absolute Gasteiger partial charge is 0.381 e. The molecule has 0 bridgehead atoms. The zero-order valence-corrected chi connectivity index (χ0v) is 13.6. The van der Waals surface area contributed by atoms with Gasteiger partial charge in [0, 0.05) is 41.6 Å². The molecule has 4 aromatic rings. The summed E-state index contributed by atoms with van der Waals surface area (Å²) in [6.07, 6.45) is 8.07. The summed E-state index contributed by atoms with van der Waals surface area (Å²) in [6, 6.07) is 12.1. The number of pyridine rings is 1. The maximum atomic E-state index is 5.96. The fourth-order valence-electron chi connectivity index (χ4n) is 2.84. The Morgan fingerprint density at radius 1 is 1.08 bits per heavy atom. The monoisotopic (exact) mass is 330 g/mol. The summed E-state index contributed by atoms with van der Waals surface area (Å²) in [5.74, 6) is 0.993. The van der Waals surface area contributed by atoms with Crippen LogP contribution in [0.25, 0.3) is 22.2 Å². The number of hydrogen-bond acceptors (Lipinski definition) is 5. The summed E-state index contributed by atoms with van der Waals surface area (Å²) in [5.41, 5.74) is 10.0. The Morgan fingerprint density at radius 3 is 2.88 bits per heavy atom. The molecule has 6 heteroatoms. The molecular formula is C19H18N6. The van der Waals surface area contributed by atoms with Crippen LogP contribution in [-0.4, -0.2) is 26.5 Å². The van der Waals surface area contributed by atoms with E-state index in [1.54, 1.807) is 18.6 Å². The molecule has 4 N–H and O–H groups in total. The number of aromatic amines is 1. The summed E-state index contributed by atoms with van der Waals surface area (Å²) < 4.78 is 0. The quantitative estimate of drug-likeness (QED) is 0.522. The molecule has 0 saturated heterocycles. The number of H-pyrrole nitrogens is 1. The van der Waals surface area contributed by atoms with Crippen molar-refractivity contribution >= 4 is 22.5 Å². The van der Waals surface area contributed by atoms with E-state index in [0.29, 0.717) is 11.6 Å². The van der Waals surface area contributed by atoms with E-state index in [4.69, 9.17) is 5.73 Å². The van der Waals surface area contributed by atoms with Gasteiger partial charge in [-0.2, -0.15) is 0 Å². The molecule has 124 valence electrons. The topological polar surface area (TPSA) is 92.5 Å². The summed E-state index contributed by atoms with van der Waals surface area (Å²) in [4.78, 5) is 16.2. The number of nitrogens with one attached hydrogen (secondary N) is 2. The maximum Gasteiger partial charge on any atom is 0.169 e. The average Bonchev–Trinajstić information content (AvgIpc) is 3.07. The molecule has 4 rings (SSSR count). The van der Waals surface area contributed by atoms with Crippen molar-refractivity contribution in [3.8, 4) is 11.3 Å². The third-order valence-electron chi connectivity index (χ3n) is 4.12. The highest BCUT2D eigenvalue weighted by Gasteiger charge is 2.07. The van der Waals surface area contributed by atoms with Gasteiger partial charge in [0.2, 0.25) is 0 Å². The number of fused-ring (bicyclic) bond motifs is 1. The molecule has 0 unspecified atom stereocenters. The number of nitrogens with two attached hydrogens (primary N) is 1. The van der Waals surface area contributed by atoms with Crippen LogP contribution in [0.4, 0.5) is 11.6 Å². The molecule has 3 aromatic heterocycles. The van der Waals surface area contributed by atoms with E-state index in [-0.39, 0.29) is 0 Å². The number of hydrogen-bond donors (Lipinski definition) is 3. The van der Waals surface area contributed by atoms with Crippen LogP contribution in [0.15, 0.2) is 61.2 Å². The third kappa shape index (κ3) is 3.14. The molecule has 0 aliphatic heterocycles. The SMILES string of the molecule is Nc1ncc(-c2cccnc2)nc1NCCc1c[nH]c2ccccc12. The molecule has 0 fully saturated rings. The van der Waals surface area contributed by atoms with Crippen molar-refractivity contribution in [3.05, 3.63) is 66.7 Å². The van der Waals surface area contributed by atoms with Crippen molar-refractivity contribution in [2.45, 2.75) is 6.42 Å². The van der Waals surface area contributed by atoms with E-state index in [1.165, 1.54) is 10.9 Å². The summed E-state index contributed by atoms with van der Waals surface area (Å²) in [7, 11) is 0. The summed E-state index contributed by atoms with van der Waals surface area (Å²) >= 11 is 0. The molecule has 0 atom stereocenters. The molecule has 0 aliphatic rings. The maximum absolute atomic E-state index is 5.96. The van der Waals surface area contributed by atoms with Crippen LogP contribution in [-0.2, 0) is 6.42 Å². The second-order valence-corrected chi connectivity index (χ2v) is 5.77. The molecule has 3 heterocycles. The lowest BCUT2D eigenvalue weighted by Gasteiger charge is -2.09. The smallest absolute Gasteiger partial charge is 0.169 e. The van der Waals surface area contributed by atoms with Crippen LogP contribution in [0.1, 0.15) is 5.56 Å². The van der Waals surface area contributed by atoms with Gasteiger partial charge in [0.05, 0.1) is 11.9 Å². The van der Waals surface area contributed by atoms with Crippen molar-refractivity contribution in [1.82, 2.24) is 19.9 Å². The zero-order valence-electron chi connectivity index (χ0n) is 13.6. The van der Waals surface area contributed by atoms with Crippen LogP contribution in [0, 0.1) is 0 Å². The average molecular weight is 330 g/mol. The van der Waals surface area contributed by atoms with Gasteiger partial charge in [0.25, 0.3) is 0 Å². The number of rotatable bonds is 5. The van der Waals surface area contributed by atoms with E-state index in [1.807, 2.05) is 30.5 Å². The van der Waals surface area contributed by atoms with Gasteiger partial charge in [0.1, 0.15) is 0 Å². The predicted molar refractivity (Wildman–Crippen MR) is 100 cm³/mol. The van der Waals surface area contributed by atoms with Crippen LogP contribution < -0.4 is 11.1 Å². The van der Waals surface area contributed by atoms with E-state index < -0.39 is 0 Å². The van der Waals surface area contributed by atoms with Gasteiger partial charge in [-0.05, 0) is 30.2 Å². The first kappa shape index (κ1) is 15.1. The van der Waals surface area contributed by atoms with Gasteiger partial charge in [-0.1, -0.05) is 18.2 Å². The van der Waals surface area contributed by atoms with Crippen LogP contribution >= 0.6 is 0 Å². The fraction of sp³-hybridized carbons (Fsp3) is 0.105. The van der Waals surface area contributed by atoms with Crippen LogP contribution in [0.3, 0.4) is 0 Å². The lowest BCUT2D eigenvalue weighted by molar-refractivity contribution is 1.01. The number of nitrogen functional groups attached to an aromatic ring is 1. The molecule has 6 nitrogen and oxygen atoms in total. The highest BCUT2D eigenvalue weighted by Crippen LogP contribution is 2.21. The molecule has 0 aliphatic carbocycles.